The number of methoxy groups -OCH3 is 1. The average Bonchev–Trinajstić information content (AvgIpc) is 2.46. The van der Waals surface area contributed by atoms with Crippen LogP contribution in [0.4, 0.5) is 0 Å². The van der Waals surface area contributed by atoms with Crippen LogP contribution in [-0.4, -0.2) is 7.11 Å². The van der Waals surface area contributed by atoms with E-state index in [0.29, 0.717) is 6.54 Å². The maximum Gasteiger partial charge on any atom is 0.124 e. The predicted octanol–water partition coefficient (Wildman–Crippen LogP) is 4.96. The predicted molar refractivity (Wildman–Crippen MR) is 87.4 cm³/mol. The van der Waals surface area contributed by atoms with Crippen LogP contribution < -0.4 is 10.1 Å². The topological polar surface area (TPSA) is 21.3 Å². The fraction of sp³-hybridized carbons (Fsp3) is 0.250. The van der Waals surface area contributed by atoms with E-state index in [1.807, 2.05) is 30.3 Å². The lowest BCUT2D eigenvalue weighted by Crippen LogP contribution is -2.18. The van der Waals surface area contributed by atoms with E-state index >= 15 is 0 Å². The Morgan fingerprint density at radius 2 is 1.90 bits per heavy atom. The molecule has 2 aromatic rings. The van der Waals surface area contributed by atoms with Crippen LogP contribution in [0.1, 0.15) is 24.1 Å². The molecule has 20 heavy (non-hydrogen) atoms. The SMILES string of the molecule is COc1cccc(Cl)c1CN[C@@H](C)c1ccc(Br)cc1. The standard InChI is InChI=1S/C16H17BrClNO/c1-11(12-6-8-13(17)9-7-12)19-10-14-15(18)4-3-5-16(14)20-2/h3-9,11,19H,10H2,1-2H3/t11-/m0/s1. The molecule has 0 aromatic heterocycles. The van der Waals surface area contributed by atoms with Crippen molar-refractivity contribution in [3.05, 3.63) is 63.1 Å². The van der Waals surface area contributed by atoms with Crippen molar-refractivity contribution in [2.24, 2.45) is 0 Å². The van der Waals surface area contributed by atoms with Crippen molar-refractivity contribution in [1.29, 1.82) is 0 Å². The largest absolute Gasteiger partial charge is 0.496 e. The van der Waals surface area contributed by atoms with E-state index in [-0.39, 0.29) is 6.04 Å². The first-order valence-electron chi connectivity index (χ1n) is 6.42. The zero-order valence-corrected chi connectivity index (χ0v) is 13.8. The molecule has 0 amide bonds. The highest BCUT2D eigenvalue weighted by Crippen LogP contribution is 2.27. The summed E-state index contributed by atoms with van der Waals surface area (Å²) in [6.45, 7) is 2.80. The van der Waals surface area contributed by atoms with E-state index in [1.54, 1.807) is 7.11 Å². The van der Waals surface area contributed by atoms with Crippen molar-refractivity contribution in [1.82, 2.24) is 5.32 Å². The lowest BCUT2D eigenvalue weighted by atomic mass is 10.1. The number of hydrogen-bond donors (Lipinski definition) is 1. The maximum absolute atomic E-state index is 6.23. The van der Waals surface area contributed by atoms with E-state index in [9.17, 15) is 0 Å². The molecule has 106 valence electrons. The third-order valence-corrected chi connectivity index (χ3v) is 4.13. The van der Waals surface area contributed by atoms with E-state index in [2.05, 4.69) is 40.3 Å². The molecule has 0 saturated carbocycles. The smallest absolute Gasteiger partial charge is 0.124 e. The summed E-state index contributed by atoms with van der Waals surface area (Å²) in [5.74, 6) is 0.813. The van der Waals surface area contributed by atoms with Gasteiger partial charge in [-0.3, -0.25) is 0 Å². The minimum Gasteiger partial charge on any atom is -0.496 e. The Balaban J connectivity index is 2.07. The highest BCUT2D eigenvalue weighted by molar-refractivity contribution is 9.10. The minimum absolute atomic E-state index is 0.240. The molecule has 2 aromatic carbocycles. The Morgan fingerprint density at radius 3 is 2.55 bits per heavy atom. The highest BCUT2D eigenvalue weighted by Gasteiger charge is 2.10. The van der Waals surface area contributed by atoms with Crippen LogP contribution in [0.2, 0.25) is 5.02 Å². The van der Waals surface area contributed by atoms with Gasteiger partial charge in [0, 0.05) is 27.6 Å². The lowest BCUT2D eigenvalue weighted by Gasteiger charge is -2.16. The van der Waals surface area contributed by atoms with Crippen LogP contribution in [0.3, 0.4) is 0 Å². The van der Waals surface area contributed by atoms with Crippen molar-refractivity contribution < 1.29 is 4.74 Å². The van der Waals surface area contributed by atoms with Gasteiger partial charge < -0.3 is 10.1 Å². The zero-order valence-electron chi connectivity index (χ0n) is 11.5. The quantitative estimate of drug-likeness (QED) is 0.819. The van der Waals surface area contributed by atoms with Crippen LogP contribution in [-0.2, 0) is 6.54 Å². The number of hydrogen-bond acceptors (Lipinski definition) is 2. The summed E-state index contributed by atoms with van der Waals surface area (Å²) in [5, 5.41) is 4.19. The summed E-state index contributed by atoms with van der Waals surface area (Å²) in [5.41, 5.74) is 2.22. The van der Waals surface area contributed by atoms with Gasteiger partial charge in [-0.25, -0.2) is 0 Å². The third-order valence-electron chi connectivity index (χ3n) is 3.25. The van der Waals surface area contributed by atoms with Crippen LogP contribution in [0.25, 0.3) is 0 Å². The summed E-state index contributed by atoms with van der Waals surface area (Å²) in [7, 11) is 1.66. The fourth-order valence-electron chi connectivity index (χ4n) is 2.03. The third kappa shape index (κ3) is 3.75. The molecule has 0 heterocycles. The Hall–Kier alpha value is -1.03. The molecule has 0 bridgehead atoms. The molecule has 0 saturated heterocycles. The molecule has 0 aliphatic rings. The normalized spacial score (nSPS) is 12.2. The zero-order chi connectivity index (χ0) is 14.5. The van der Waals surface area contributed by atoms with Gasteiger partial charge in [0.15, 0.2) is 0 Å². The second-order valence-electron chi connectivity index (χ2n) is 4.57. The van der Waals surface area contributed by atoms with E-state index < -0.39 is 0 Å². The summed E-state index contributed by atoms with van der Waals surface area (Å²) >= 11 is 9.68. The molecule has 0 unspecified atom stereocenters. The van der Waals surface area contributed by atoms with Gasteiger partial charge in [0.05, 0.1) is 7.11 Å². The van der Waals surface area contributed by atoms with Gasteiger partial charge >= 0.3 is 0 Å². The Bertz CT molecular complexity index is 571. The Morgan fingerprint density at radius 1 is 1.20 bits per heavy atom. The average molecular weight is 355 g/mol. The maximum atomic E-state index is 6.23. The second-order valence-corrected chi connectivity index (χ2v) is 5.90. The van der Waals surface area contributed by atoms with Gasteiger partial charge in [-0.05, 0) is 36.8 Å². The van der Waals surface area contributed by atoms with Crippen molar-refractivity contribution in [2.45, 2.75) is 19.5 Å². The van der Waals surface area contributed by atoms with Gasteiger partial charge in [0.1, 0.15) is 5.75 Å². The van der Waals surface area contributed by atoms with E-state index in [0.717, 1.165) is 20.8 Å². The molecular weight excluding hydrogens is 338 g/mol. The van der Waals surface area contributed by atoms with Crippen molar-refractivity contribution >= 4 is 27.5 Å². The first-order valence-corrected chi connectivity index (χ1v) is 7.59. The molecule has 0 radical (unpaired) electrons. The molecule has 0 aliphatic heterocycles. The number of rotatable bonds is 5. The number of nitrogens with one attached hydrogen (secondary N) is 1. The summed E-state index contributed by atoms with van der Waals surface area (Å²) < 4.78 is 6.43. The number of halogens is 2. The minimum atomic E-state index is 0.240. The Kier molecular flexibility index (Phi) is 5.46. The molecular formula is C16H17BrClNO. The molecule has 0 spiro atoms. The van der Waals surface area contributed by atoms with Crippen molar-refractivity contribution in [3.8, 4) is 5.75 Å². The fourth-order valence-corrected chi connectivity index (χ4v) is 2.52. The monoisotopic (exact) mass is 353 g/mol. The first kappa shape index (κ1) is 15.4. The van der Waals surface area contributed by atoms with Gasteiger partial charge in [-0.2, -0.15) is 0 Å². The lowest BCUT2D eigenvalue weighted by molar-refractivity contribution is 0.406. The van der Waals surface area contributed by atoms with Crippen molar-refractivity contribution in [2.75, 3.05) is 7.11 Å². The second kappa shape index (κ2) is 7.11. The molecule has 0 fully saturated rings. The first-order chi connectivity index (χ1) is 9.61. The van der Waals surface area contributed by atoms with Crippen LogP contribution in [0.5, 0.6) is 5.75 Å². The van der Waals surface area contributed by atoms with Crippen LogP contribution in [0, 0.1) is 0 Å². The van der Waals surface area contributed by atoms with Gasteiger partial charge in [-0.15, -0.1) is 0 Å². The molecule has 0 aliphatic carbocycles. The molecule has 2 rings (SSSR count). The van der Waals surface area contributed by atoms with Crippen LogP contribution >= 0.6 is 27.5 Å². The molecule has 4 heteroatoms. The summed E-state index contributed by atoms with van der Waals surface area (Å²) in [6.07, 6.45) is 0. The Labute approximate surface area is 133 Å². The van der Waals surface area contributed by atoms with E-state index in [1.165, 1.54) is 5.56 Å². The summed E-state index contributed by atoms with van der Waals surface area (Å²) in [4.78, 5) is 0. The van der Waals surface area contributed by atoms with Crippen LogP contribution in [0.15, 0.2) is 46.9 Å². The summed E-state index contributed by atoms with van der Waals surface area (Å²) in [6, 6.07) is 14.2. The number of benzene rings is 2. The van der Waals surface area contributed by atoms with Crippen molar-refractivity contribution in [3.63, 3.8) is 0 Å². The van der Waals surface area contributed by atoms with Gasteiger partial charge in [0.25, 0.3) is 0 Å². The number of ether oxygens (including phenoxy) is 1. The highest BCUT2D eigenvalue weighted by atomic mass is 79.9. The molecule has 1 N–H and O–H groups in total. The molecule has 2 nitrogen and oxygen atoms in total. The van der Waals surface area contributed by atoms with Gasteiger partial charge in [0.2, 0.25) is 0 Å². The molecule has 1 atom stereocenters. The van der Waals surface area contributed by atoms with E-state index in [4.69, 9.17) is 16.3 Å². The van der Waals surface area contributed by atoms with Gasteiger partial charge in [-0.1, -0.05) is 45.7 Å².